The Balaban J connectivity index is 2.46. The summed E-state index contributed by atoms with van der Waals surface area (Å²) in [7, 11) is 3.67. The van der Waals surface area contributed by atoms with E-state index in [-0.39, 0.29) is 6.61 Å². The van der Waals surface area contributed by atoms with Crippen molar-refractivity contribution in [2.45, 2.75) is 27.4 Å². The summed E-state index contributed by atoms with van der Waals surface area (Å²) in [6, 6.07) is 0. The smallest absolute Gasteiger partial charge is 0.223 e. The van der Waals surface area contributed by atoms with Gasteiger partial charge in [0.15, 0.2) is 5.75 Å². The van der Waals surface area contributed by atoms with Gasteiger partial charge < -0.3 is 9.84 Å². The molecule has 98 valence electrons. The van der Waals surface area contributed by atoms with Gasteiger partial charge in [0.1, 0.15) is 5.69 Å². The van der Waals surface area contributed by atoms with Gasteiger partial charge in [-0.25, -0.2) is 4.68 Å². The van der Waals surface area contributed by atoms with E-state index < -0.39 is 0 Å². The summed E-state index contributed by atoms with van der Waals surface area (Å²) >= 11 is 0. The van der Waals surface area contributed by atoms with E-state index in [0.29, 0.717) is 11.4 Å². The van der Waals surface area contributed by atoms with Crippen LogP contribution in [0.5, 0.6) is 11.6 Å². The Morgan fingerprint density at radius 3 is 2.17 bits per heavy atom. The van der Waals surface area contributed by atoms with E-state index in [1.54, 1.807) is 16.4 Å². The van der Waals surface area contributed by atoms with E-state index in [4.69, 9.17) is 4.74 Å². The predicted molar refractivity (Wildman–Crippen MR) is 66.6 cm³/mol. The van der Waals surface area contributed by atoms with Crippen molar-refractivity contribution in [3.8, 4) is 11.6 Å². The molecule has 0 fully saturated rings. The molecule has 0 aromatic carbocycles. The Labute approximate surface area is 106 Å². The number of hydrogen-bond acceptors (Lipinski definition) is 4. The number of aliphatic hydroxyl groups is 1. The molecule has 0 spiro atoms. The van der Waals surface area contributed by atoms with Crippen LogP contribution in [0.4, 0.5) is 0 Å². The van der Waals surface area contributed by atoms with Gasteiger partial charge in [0.05, 0.1) is 23.6 Å². The molecule has 18 heavy (non-hydrogen) atoms. The van der Waals surface area contributed by atoms with Crippen molar-refractivity contribution in [2.75, 3.05) is 0 Å². The van der Waals surface area contributed by atoms with Gasteiger partial charge in [-0.3, -0.25) is 4.68 Å². The number of rotatable bonds is 3. The van der Waals surface area contributed by atoms with Gasteiger partial charge in [-0.15, -0.1) is 0 Å². The molecule has 0 aliphatic carbocycles. The molecule has 0 aliphatic heterocycles. The van der Waals surface area contributed by atoms with E-state index in [2.05, 4.69) is 10.2 Å². The van der Waals surface area contributed by atoms with E-state index >= 15 is 0 Å². The summed E-state index contributed by atoms with van der Waals surface area (Å²) in [5.74, 6) is 1.28. The number of ether oxygens (including phenoxy) is 1. The Hall–Kier alpha value is -1.82. The number of aliphatic hydroxyl groups excluding tert-OH is 1. The maximum absolute atomic E-state index is 9.38. The molecule has 0 atom stereocenters. The molecule has 0 saturated carbocycles. The van der Waals surface area contributed by atoms with Crippen LogP contribution in [0.15, 0.2) is 0 Å². The fourth-order valence-electron chi connectivity index (χ4n) is 1.99. The Kier molecular flexibility index (Phi) is 3.13. The minimum absolute atomic E-state index is 0.0899. The highest BCUT2D eigenvalue weighted by Crippen LogP contribution is 2.31. The monoisotopic (exact) mass is 250 g/mol. The summed E-state index contributed by atoms with van der Waals surface area (Å²) in [5, 5.41) is 17.9. The highest BCUT2D eigenvalue weighted by molar-refractivity contribution is 5.39. The fraction of sp³-hybridized carbons (Fsp3) is 0.500. The highest BCUT2D eigenvalue weighted by Gasteiger charge is 2.18. The molecule has 2 aromatic rings. The normalized spacial score (nSPS) is 11.0. The molecule has 2 heterocycles. The lowest BCUT2D eigenvalue weighted by Gasteiger charge is -2.07. The second kappa shape index (κ2) is 4.45. The van der Waals surface area contributed by atoms with Crippen LogP contribution in [0.3, 0.4) is 0 Å². The summed E-state index contributed by atoms with van der Waals surface area (Å²) in [6.45, 7) is 5.59. The zero-order chi connectivity index (χ0) is 13.4. The largest absolute Gasteiger partial charge is 0.435 e. The first-order valence-electron chi connectivity index (χ1n) is 5.77. The van der Waals surface area contributed by atoms with Crippen molar-refractivity contribution in [2.24, 2.45) is 14.1 Å². The van der Waals surface area contributed by atoms with E-state index in [0.717, 1.165) is 22.8 Å². The number of nitrogens with zero attached hydrogens (tertiary/aromatic N) is 4. The van der Waals surface area contributed by atoms with Crippen molar-refractivity contribution in [3.63, 3.8) is 0 Å². The van der Waals surface area contributed by atoms with Crippen LogP contribution in [-0.4, -0.2) is 24.7 Å². The number of hydrogen-bond donors (Lipinski definition) is 1. The highest BCUT2D eigenvalue weighted by atomic mass is 16.5. The topological polar surface area (TPSA) is 65.1 Å². The molecule has 0 bridgehead atoms. The SMILES string of the molecule is Cc1nn(C)c(Oc2c(C)nn(C)c2C)c1CO. The van der Waals surface area contributed by atoms with Crippen LogP contribution in [-0.2, 0) is 20.7 Å². The van der Waals surface area contributed by atoms with E-state index in [1.807, 2.05) is 27.8 Å². The lowest BCUT2D eigenvalue weighted by Crippen LogP contribution is -1.99. The number of aryl methyl sites for hydroxylation is 4. The molecule has 1 N–H and O–H groups in total. The van der Waals surface area contributed by atoms with Crippen LogP contribution in [0.1, 0.15) is 22.6 Å². The summed E-state index contributed by atoms with van der Waals surface area (Å²) < 4.78 is 9.29. The second-order valence-corrected chi connectivity index (χ2v) is 4.38. The average molecular weight is 250 g/mol. The number of aromatic nitrogens is 4. The van der Waals surface area contributed by atoms with Gasteiger partial charge >= 0.3 is 0 Å². The maximum Gasteiger partial charge on any atom is 0.223 e. The van der Waals surface area contributed by atoms with E-state index in [1.165, 1.54) is 0 Å². The van der Waals surface area contributed by atoms with Crippen LogP contribution in [0, 0.1) is 20.8 Å². The third-order valence-electron chi connectivity index (χ3n) is 3.09. The zero-order valence-corrected chi connectivity index (χ0v) is 11.4. The van der Waals surface area contributed by atoms with Gasteiger partial charge in [0.25, 0.3) is 0 Å². The Morgan fingerprint density at radius 1 is 1.06 bits per heavy atom. The summed E-state index contributed by atoms with van der Waals surface area (Å²) in [4.78, 5) is 0. The average Bonchev–Trinajstić information content (AvgIpc) is 2.70. The lowest BCUT2D eigenvalue weighted by atomic mass is 10.2. The van der Waals surface area contributed by atoms with Crippen LogP contribution < -0.4 is 4.74 Å². The van der Waals surface area contributed by atoms with Crippen molar-refractivity contribution in [1.29, 1.82) is 0 Å². The van der Waals surface area contributed by atoms with Crippen LogP contribution in [0.2, 0.25) is 0 Å². The maximum atomic E-state index is 9.38. The molecule has 2 aromatic heterocycles. The fourth-order valence-corrected chi connectivity index (χ4v) is 1.99. The van der Waals surface area contributed by atoms with Crippen molar-refractivity contribution in [3.05, 3.63) is 22.6 Å². The second-order valence-electron chi connectivity index (χ2n) is 4.38. The Bertz CT molecular complexity index is 583. The van der Waals surface area contributed by atoms with Crippen LogP contribution in [0.25, 0.3) is 0 Å². The molecule has 0 aliphatic rings. The minimum Gasteiger partial charge on any atom is -0.435 e. The van der Waals surface area contributed by atoms with Gasteiger partial charge in [-0.1, -0.05) is 0 Å². The molecule has 0 radical (unpaired) electrons. The molecule has 6 nitrogen and oxygen atoms in total. The summed E-state index contributed by atoms with van der Waals surface area (Å²) in [6.07, 6.45) is 0. The lowest BCUT2D eigenvalue weighted by molar-refractivity contribution is 0.274. The molecule has 2 rings (SSSR count). The molecule has 0 unspecified atom stereocenters. The molecular formula is C12H18N4O2. The Morgan fingerprint density at radius 2 is 1.67 bits per heavy atom. The molecule has 6 heteroatoms. The van der Waals surface area contributed by atoms with Gasteiger partial charge in [0.2, 0.25) is 5.88 Å². The predicted octanol–water partition coefficient (Wildman–Crippen LogP) is 1.36. The molecule has 0 amide bonds. The quantitative estimate of drug-likeness (QED) is 0.893. The third kappa shape index (κ3) is 1.88. The van der Waals surface area contributed by atoms with Crippen molar-refractivity contribution in [1.82, 2.24) is 19.6 Å². The van der Waals surface area contributed by atoms with E-state index in [9.17, 15) is 5.11 Å². The molecule has 0 saturated heterocycles. The van der Waals surface area contributed by atoms with Crippen molar-refractivity contribution < 1.29 is 9.84 Å². The zero-order valence-electron chi connectivity index (χ0n) is 11.4. The van der Waals surface area contributed by atoms with Crippen molar-refractivity contribution >= 4 is 0 Å². The first kappa shape index (κ1) is 12.6. The van der Waals surface area contributed by atoms with Gasteiger partial charge in [-0.05, 0) is 20.8 Å². The first-order chi connectivity index (χ1) is 8.45. The third-order valence-corrected chi connectivity index (χ3v) is 3.09. The van der Waals surface area contributed by atoms with Gasteiger partial charge in [-0.2, -0.15) is 10.2 Å². The standard InChI is InChI=1S/C12H18N4O2/c1-7-10(6-17)12(16(5)13-7)18-11-8(2)14-15(4)9(11)3/h17H,6H2,1-5H3. The minimum atomic E-state index is -0.0899. The first-order valence-corrected chi connectivity index (χ1v) is 5.77. The van der Waals surface area contributed by atoms with Crippen LogP contribution >= 0.6 is 0 Å². The molecular weight excluding hydrogens is 232 g/mol. The summed E-state index contributed by atoms with van der Waals surface area (Å²) in [5.41, 5.74) is 3.24. The van der Waals surface area contributed by atoms with Gasteiger partial charge in [0, 0.05) is 14.1 Å².